The minimum Gasteiger partial charge on any atom is -0.464 e. The van der Waals surface area contributed by atoms with Gasteiger partial charge in [0.25, 0.3) is 0 Å². The van der Waals surface area contributed by atoms with E-state index in [-0.39, 0.29) is 11.9 Å². The van der Waals surface area contributed by atoms with Crippen LogP contribution in [0.3, 0.4) is 0 Å². The minimum absolute atomic E-state index is 0.0342. The molecule has 1 fully saturated rings. The van der Waals surface area contributed by atoms with Gasteiger partial charge in [-0.1, -0.05) is 122 Å². The van der Waals surface area contributed by atoms with Gasteiger partial charge in [0.2, 0.25) is 0 Å². The number of ether oxygens (including phenoxy) is 1. The Hall–Kier alpha value is -0.530. The number of carbonyl (C=O) groups is 1. The number of hydrogen-bond donors (Lipinski definition) is 0. The van der Waals surface area contributed by atoms with Crippen molar-refractivity contribution in [2.75, 3.05) is 6.61 Å². The molecule has 0 aliphatic carbocycles. The predicted molar refractivity (Wildman–Crippen MR) is 108 cm³/mol. The first-order valence-corrected chi connectivity index (χ1v) is 11.5. The summed E-state index contributed by atoms with van der Waals surface area (Å²) in [6.07, 6.45) is 26.4. The Morgan fingerprint density at radius 2 is 1.00 bits per heavy atom. The largest absolute Gasteiger partial charge is 0.464 e. The molecule has 0 saturated carbocycles. The van der Waals surface area contributed by atoms with Crippen LogP contribution in [-0.2, 0) is 9.53 Å². The van der Waals surface area contributed by atoms with Gasteiger partial charge in [0.05, 0.1) is 5.92 Å². The molecule has 25 heavy (non-hydrogen) atoms. The third kappa shape index (κ3) is 13.3. The molecular formula is C23H44O2. The summed E-state index contributed by atoms with van der Waals surface area (Å²) < 4.78 is 4.79. The van der Waals surface area contributed by atoms with Gasteiger partial charge in [-0.3, -0.25) is 4.79 Å². The number of rotatable bonds is 19. The summed E-state index contributed by atoms with van der Waals surface area (Å²) in [5.41, 5.74) is 0. The molecule has 1 heterocycles. The maximum Gasteiger partial charge on any atom is 0.312 e. The van der Waals surface area contributed by atoms with Crippen molar-refractivity contribution in [3.8, 4) is 0 Å². The molecule has 1 saturated heterocycles. The zero-order valence-electron chi connectivity index (χ0n) is 17.0. The summed E-state index contributed by atoms with van der Waals surface area (Å²) in [6, 6.07) is 0. The Morgan fingerprint density at radius 1 is 0.640 bits per heavy atom. The fourth-order valence-electron chi connectivity index (χ4n) is 3.76. The molecule has 1 aliphatic rings. The molecule has 0 aromatic heterocycles. The van der Waals surface area contributed by atoms with E-state index in [4.69, 9.17) is 4.74 Å². The van der Waals surface area contributed by atoms with E-state index in [1.54, 1.807) is 0 Å². The van der Waals surface area contributed by atoms with Gasteiger partial charge in [-0.2, -0.15) is 0 Å². The average molecular weight is 353 g/mol. The molecule has 1 rings (SSSR count). The van der Waals surface area contributed by atoms with Gasteiger partial charge in [0, 0.05) is 0 Å². The van der Waals surface area contributed by atoms with Crippen molar-refractivity contribution in [3.05, 3.63) is 0 Å². The monoisotopic (exact) mass is 352 g/mol. The van der Waals surface area contributed by atoms with Crippen molar-refractivity contribution in [1.29, 1.82) is 0 Å². The van der Waals surface area contributed by atoms with Crippen LogP contribution < -0.4 is 0 Å². The van der Waals surface area contributed by atoms with Crippen LogP contribution in [0.15, 0.2) is 0 Å². The van der Waals surface area contributed by atoms with Crippen molar-refractivity contribution < 1.29 is 9.53 Å². The SMILES string of the molecule is CCCCCCCCCCCCCCCCCCCCC1COC1=O. The maximum absolute atomic E-state index is 11.0. The molecule has 2 nitrogen and oxygen atoms in total. The molecule has 1 unspecified atom stereocenters. The number of carbonyl (C=O) groups excluding carboxylic acids is 1. The molecule has 0 radical (unpaired) electrons. The molecule has 0 amide bonds. The highest BCUT2D eigenvalue weighted by Crippen LogP contribution is 2.20. The van der Waals surface area contributed by atoms with E-state index in [0.717, 1.165) is 6.42 Å². The van der Waals surface area contributed by atoms with Gasteiger partial charge in [-0.25, -0.2) is 0 Å². The minimum atomic E-state index is 0.0342. The summed E-state index contributed by atoms with van der Waals surface area (Å²) in [4.78, 5) is 11.0. The third-order valence-electron chi connectivity index (χ3n) is 5.67. The van der Waals surface area contributed by atoms with Crippen LogP contribution in [0.2, 0.25) is 0 Å². The molecule has 0 N–H and O–H groups in total. The van der Waals surface area contributed by atoms with E-state index >= 15 is 0 Å². The smallest absolute Gasteiger partial charge is 0.312 e. The predicted octanol–water partition coefficient (Wildman–Crippen LogP) is 7.59. The first kappa shape index (κ1) is 22.5. The fourth-order valence-corrected chi connectivity index (χ4v) is 3.76. The van der Waals surface area contributed by atoms with Crippen LogP contribution in [0.1, 0.15) is 129 Å². The topological polar surface area (TPSA) is 26.3 Å². The van der Waals surface area contributed by atoms with Crippen molar-refractivity contribution >= 4 is 5.97 Å². The zero-order valence-corrected chi connectivity index (χ0v) is 17.0. The quantitative estimate of drug-likeness (QED) is 0.177. The van der Waals surface area contributed by atoms with E-state index in [1.807, 2.05) is 0 Å². The maximum atomic E-state index is 11.0. The van der Waals surface area contributed by atoms with Crippen molar-refractivity contribution in [3.63, 3.8) is 0 Å². The van der Waals surface area contributed by atoms with E-state index in [2.05, 4.69) is 6.92 Å². The summed E-state index contributed by atoms with van der Waals surface area (Å²) in [5, 5.41) is 0. The summed E-state index contributed by atoms with van der Waals surface area (Å²) in [7, 11) is 0. The van der Waals surface area contributed by atoms with Crippen LogP contribution in [0.25, 0.3) is 0 Å². The molecule has 148 valence electrons. The lowest BCUT2D eigenvalue weighted by molar-refractivity contribution is -0.169. The Kier molecular flexibility index (Phi) is 15.2. The van der Waals surface area contributed by atoms with Gasteiger partial charge in [0.1, 0.15) is 6.61 Å². The molecular weight excluding hydrogens is 308 g/mol. The van der Waals surface area contributed by atoms with Crippen LogP contribution in [0.4, 0.5) is 0 Å². The van der Waals surface area contributed by atoms with Crippen molar-refractivity contribution in [2.24, 2.45) is 5.92 Å². The number of esters is 1. The van der Waals surface area contributed by atoms with Crippen LogP contribution in [0.5, 0.6) is 0 Å². The van der Waals surface area contributed by atoms with Crippen LogP contribution in [-0.4, -0.2) is 12.6 Å². The van der Waals surface area contributed by atoms with Gasteiger partial charge in [0.15, 0.2) is 0 Å². The van der Waals surface area contributed by atoms with E-state index in [0.29, 0.717) is 6.61 Å². The highest BCUT2D eigenvalue weighted by atomic mass is 16.6. The molecule has 1 aliphatic heterocycles. The number of unbranched alkanes of at least 4 members (excludes halogenated alkanes) is 17. The molecule has 0 aromatic rings. The van der Waals surface area contributed by atoms with E-state index in [1.165, 1.54) is 116 Å². The molecule has 0 aromatic carbocycles. The van der Waals surface area contributed by atoms with Crippen LogP contribution >= 0.6 is 0 Å². The summed E-state index contributed by atoms with van der Waals surface area (Å²) in [5.74, 6) is 0.271. The van der Waals surface area contributed by atoms with Gasteiger partial charge >= 0.3 is 5.97 Å². The highest BCUT2D eigenvalue weighted by molar-refractivity contribution is 5.77. The molecule has 0 bridgehead atoms. The van der Waals surface area contributed by atoms with E-state index in [9.17, 15) is 4.79 Å². The Labute approximate surface area is 157 Å². The second-order valence-corrected chi connectivity index (χ2v) is 8.13. The normalized spacial score (nSPS) is 16.7. The van der Waals surface area contributed by atoms with Crippen molar-refractivity contribution in [1.82, 2.24) is 0 Å². The Bertz CT molecular complexity index is 300. The fraction of sp³-hybridized carbons (Fsp3) is 0.957. The third-order valence-corrected chi connectivity index (χ3v) is 5.67. The average Bonchev–Trinajstić information content (AvgIpc) is 2.62. The van der Waals surface area contributed by atoms with Gasteiger partial charge in [-0.05, 0) is 6.42 Å². The second kappa shape index (κ2) is 16.9. The summed E-state index contributed by atoms with van der Waals surface area (Å²) in [6.45, 7) is 2.97. The summed E-state index contributed by atoms with van der Waals surface area (Å²) >= 11 is 0. The Balaban J connectivity index is 1.63. The second-order valence-electron chi connectivity index (χ2n) is 8.13. The number of cyclic esters (lactones) is 1. The lowest BCUT2D eigenvalue weighted by Crippen LogP contribution is -2.34. The molecule has 1 atom stereocenters. The van der Waals surface area contributed by atoms with Gasteiger partial charge < -0.3 is 4.74 Å². The van der Waals surface area contributed by atoms with Crippen molar-refractivity contribution in [2.45, 2.75) is 129 Å². The molecule has 2 heteroatoms. The van der Waals surface area contributed by atoms with Gasteiger partial charge in [-0.15, -0.1) is 0 Å². The lowest BCUT2D eigenvalue weighted by Gasteiger charge is -2.24. The highest BCUT2D eigenvalue weighted by Gasteiger charge is 2.29. The lowest BCUT2D eigenvalue weighted by atomic mass is 9.98. The van der Waals surface area contributed by atoms with E-state index < -0.39 is 0 Å². The zero-order chi connectivity index (χ0) is 18.0. The molecule has 0 spiro atoms. The number of hydrogen-bond acceptors (Lipinski definition) is 2. The first-order chi connectivity index (χ1) is 12.3. The Morgan fingerprint density at radius 3 is 1.28 bits per heavy atom. The van der Waals surface area contributed by atoms with Crippen LogP contribution in [0, 0.1) is 5.92 Å². The first-order valence-electron chi connectivity index (χ1n) is 11.5. The standard InChI is InChI=1S/C23H44O2/c1-2-3-4-5-6-7-8-9-10-11-12-13-14-15-16-17-18-19-20-22-21-25-23(22)24/h22H,2-21H2,1H3.